The molecule has 0 atom stereocenters. The first kappa shape index (κ1) is 15.4. The average molecular weight is 257 g/mol. The molecule has 0 amide bonds. The third-order valence-corrected chi connectivity index (χ3v) is 3.85. The van der Waals surface area contributed by atoms with E-state index in [1.54, 1.807) is 0 Å². The van der Waals surface area contributed by atoms with Crippen molar-refractivity contribution in [3.8, 4) is 0 Å². The van der Waals surface area contributed by atoms with Crippen molar-refractivity contribution < 1.29 is 15.0 Å². The fraction of sp³-hybridized carbons (Fsp3) is 0.929. The Kier molecular flexibility index (Phi) is 6.09. The molecule has 0 aromatic carbocycles. The van der Waals surface area contributed by atoms with Crippen molar-refractivity contribution in [1.29, 1.82) is 0 Å². The van der Waals surface area contributed by atoms with Crippen molar-refractivity contribution in [2.24, 2.45) is 0 Å². The second kappa shape index (κ2) is 7.10. The number of hydrogen-bond acceptors (Lipinski definition) is 3. The predicted molar refractivity (Wildman–Crippen MR) is 71.6 cm³/mol. The number of hydrogen-bond donors (Lipinski definition) is 2. The molecule has 1 aliphatic carbocycles. The van der Waals surface area contributed by atoms with E-state index >= 15 is 0 Å². The van der Waals surface area contributed by atoms with E-state index in [1.807, 2.05) is 0 Å². The van der Waals surface area contributed by atoms with Crippen LogP contribution in [0, 0.1) is 0 Å². The lowest BCUT2D eigenvalue weighted by Gasteiger charge is -2.38. The van der Waals surface area contributed by atoms with Crippen LogP contribution < -0.4 is 0 Å². The number of carboxylic acid groups (broad SMARTS) is 1. The Balaban J connectivity index is 2.43. The highest BCUT2D eigenvalue weighted by atomic mass is 16.4. The molecule has 0 saturated heterocycles. The molecule has 2 N–H and O–H groups in total. The molecule has 106 valence electrons. The highest BCUT2D eigenvalue weighted by Crippen LogP contribution is 2.29. The molecule has 0 aromatic heterocycles. The number of carboxylic acids is 1. The van der Waals surface area contributed by atoms with Crippen molar-refractivity contribution in [1.82, 2.24) is 4.90 Å². The number of aliphatic carboxylic acids is 1. The summed E-state index contributed by atoms with van der Waals surface area (Å²) in [6.45, 7) is 5.65. The third kappa shape index (κ3) is 5.36. The van der Waals surface area contributed by atoms with Crippen LogP contribution in [0.5, 0.6) is 0 Å². The zero-order chi connectivity index (χ0) is 13.6. The highest BCUT2D eigenvalue weighted by Gasteiger charge is 2.31. The van der Waals surface area contributed by atoms with Crippen molar-refractivity contribution in [2.45, 2.75) is 70.4 Å². The van der Waals surface area contributed by atoms with Crippen LogP contribution in [-0.4, -0.2) is 45.8 Å². The normalized spacial score (nSPS) is 19.4. The molecule has 1 rings (SSSR count). The van der Waals surface area contributed by atoms with E-state index < -0.39 is 11.6 Å². The number of rotatable bonds is 7. The van der Waals surface area contributed by atoms with E-state index in [0.29, 0.717) is 19.0 Å². The van der Waals surface area contributed by atoms with Crippen molar-refractivity contribution in [2.75, 3.05) is 13.1 Å². The lowest BCUT2D eigenvalue weighted by molar-refractivity contribution is -0.137. The molecule has 1 fully saturated rings. The van der Waals surface area contributed by atoms with Gasteiger partial charge in [-0.25, -0.2) is 0 Å². The molecule has 0 heterocycles. The lowest BCUT2D eigenvalue weighted by atomic mass is 9.84. The van der Waals surface area contributed by atoms with Gasteiger partial charge in [0.25, 0.3) is 0 Å². The largest absolute Gasteiger partial charge is 0.481 e. The summed E-state index contributed by atoms with van der Waals surface area (Å²) in [6.07, 6.45) is 6.08. The summed E-state index contributed by atoms with van der Waals surface area (Å²) < 4.78 is 0. The maximum atomic E-state index is 10.5. The van der Waals surface area contributed by atoms with Gasteiger partial charge in [-0.1, -0.05) is 19.3 Å². The summed E-state index contributed by atoms with van der Waals surface area (Å²) in [7, 11) is 0. The molecule has 18 heavy (non-hydrogen) atoms. The second-order valence-electron chi connectivity index (χ2n) is 5.85. The van der Waals surface area contributed by atoms with E-state index in [1.165, 1.54) is 6.42 Å². The fourth-order valence-corrected chi connectivity index (χ4v) is 2.70. The van der Waals surface area contributed by atoms with Crippen LogP contribution in [0.15, 0.2) is 0 Å². The monoisotopic (exact) mass is 257 g/mol. The van der Waals surface area contributed by atoms with Crippen LogP contribution in [0.3, 0.4) is 0 Å². The fourth-order valence-electron chi connectivity index (χ4n) is 2.70. The summed E-state index contributed by atoms with van der Waals surface area (Å²) in [4.78, 5) is 12.8. The average Bonchev–Trinajstić information content (AvgIpc) is 2.28. The van der Waals surface area contributed by atoms with Crippen LogP contribution in [0.2, 0.25) is 0 Å². The predicted octanol–water partition coefficient (Wildman–Crippen LogP) is 2.26. The van der Waals surface area contributed by atoms with Gasteiger partial charge in [0.05, 0.1) is 5.60 Å². The molecule has 0 unspecified atom stereocenters. The molecule has 0 bridgehead atoms. The van der Waals surface area contributed by atoms with E-state index in [-0.39, 0.29) is 6.42 Å². The van der Waals surface area contributed by atoms with Crippen LogP contribution in [0.25, 0.3) is 0 Å². The Bertz CT molecular complexity index is 260. The standard InChI is InChI=1S/C14H27NO3/c1-12(2)15(10-6-7-13(16)17)11-14(18)8-4-3-5-9-14/h12,18H,3-11H2,1-2H3,(H,16,17). The van der Waals surface area contributed by atoms with Gasteiger partial charge < -0.3 is 10.2 Å². The zero-order valence-corrected chi connectivity index (χ0v) is 11.7. The van der Waals surface area contributed by atoms with Gasteiger partial charge in [-0.3, -0.25) is 9.69 Å². The molecule has 4 nitrogen and oxygen atoms in total. The first-order valence-electron chi connectivity index (χ1n) is 7.11. The van der Waals surface area contributed by atoms with Gasteiger partial charge in [0, 0.05) is 19.0 Å². The second-order valence-corrected chi connectivity index (χ2v) is 5.85. The Morgan fingerprint density at radius 1 is 1.28 bits per heavy atom. The molecular weight excluding hydrogens is 230 g/mol. The van der Waals surface area contributed by atoms with Gasteiger partial charge >= 0.3 is 5.97 Å². The SMILES string of the molecule is CC(C)N(CCCC(=O)O)CC1(O)CCCCC1. The van der Waals surface area contributed by atoms with Crippen LogP contribution >= 0.6 is 0 Å². The van der Waals surface area contributed by atoms with Crippen molar-refractivity contribution >= 4 is 5.97 Å². The maximum absolute atomic E-state index is 10.5. The highest BCUT2D eigenvalue weighted by molar-refractivity contribution is 5.66. The minimum absolute atomic E-state index is 0.210. The van der Waals surface area contributed by atoms with Crippen molar-refractivity contribution in [3.63, 3.8) is 0 Å². The number of nitrogens with zero attached hydrogens (tertiary/aromatic N) is 1. The summed E-state index contributed by atoms with van der Waals surface area (Å²) in [6, 6.07) is 0.352. The van der Waals surface area contributed by atoms with E-state index in [2.05, 4.69) is 18.7 Å². The van der Waals surface area contributed by atoms with Gasteiger partial charge in [-0.2, -0.15) is 0 Å². The molecule has 0 aliphatic heterocycles. The first-order valence-corrected chi connectivity index (χ1v) is 7.11. The third-order valence-electron chi connectivity index (χ3n) is 3.85. The Morgan fingerprint density at radius 2 is 1.89 bits per heavy atom. The van der Waals surface area contributed by atoms with Crippen LogP contribution in [-0.2, 0) is 4.79 Å². The molecule has 0 spiro atoms. The Hall–Kier alpha value is -0.610. The summed E-state index contributed by atoms with van der Waals surface area (Å²) >= 11 is 0. The smallest absolute Gasteiger partial charge is 0.303 e. The van der Waals surface area contributed by atoms with E-state index in [9.17, 15) is 9.90 Å². The summed E-state index contributed by atoms with van der Waals surface area (Å²) in [5.41, 5.74) is -0.550. The summed E-state index contributed by atoms with van der Waals surface area (Å²) in [5, 5.41) is 19.2. The zero-order valence-electron chi connectivity index (χ0n) is 11.7. The van der Waals surface area contributed by atoms with Crippen molar-refractivity contribution in [3.05, 3.63) is 0 Å². The van der Waals surface area contributed by atoms with Gasteiger partial charge in [-0.05, 0) is 39.7 Å². The minimum atomic E-state index is -0.741. The Morgan fingerprint density at radius 3 is 2.39 bits per heavy atom. The van der Waals surface area contributed by atoms with Gasteiger partial charge in [0.15, 0.2) is 0 Å². The molecule has 1 aliphatic rings. The van der Waals surface area contributed by atoms with Crippen LogP contribution in [0.1, 0.15) is 58.8 Å². The van der Waals surface area contributed by atoms with E-state index in [0.717, 1.165) is 32.2 Å². The molecular formula is C14H27NO3. The molecule has 4 heteroatoms. The van der Waals surface area contributed by atoms with Gasteiger partial charge in [-0.15, -0.1) is 0 Å². The minimum Gasteiger partial charge on any atom is -0.481 e. The first-order chi connectivity index (χ1) is 8.43. The molecule has 0 aromatic rings. The Labute approximate surface area is 110 Å². The van der Waals surface area contributed by atoms with Gasteiger partial charge in [0.2, 0.25) is 0 Å². The quantitative estimate of drug-likeness (QED) is 0.734. The lowest BCUT2D eigenvalue weighted by Crippen LogP contribution is -2.47. The summed E-state index contributed by atoms with van der Waals surface area (Å²) in [5.74, 6) is -0.741. The maximum Gasteiger partial charge on any atom is 0.303 e. The molecule has 1 saturated carbocycles. The van der Waals surface area contributed by atoms with Crippen LogP contribution in [0.4, 0.5) is 0 Å². The topological polar surface area (TPSA) is 60.8 Å². The number of carbonyl (C=O) groups is 1. The van der Waals surface area contributed by atoms with Gasteiger partial charge in [0.1, 0.15) is 0 Å². The molecule has 0 radical (unpaired) electrons. The van der Waals surface area contributed by atoms with E-state index in [4.69, 9.17) is 5.11 Å². The number of aliphatic hydroxyl groups is 1.